The zero-order chi connectivity index (χ0) is 13.7. The molecule has 0 radical (unpaired) electrons. The summed E-state index contributed by atoms with van der Waals surface area (Å²) in [6, 6.07) is 0. The molecule has 0 atom stereocenters. The third-order valence-corrected chi connectivity index (χ3v) is 4.40. The SMILES string of the molecule is CC(C)(O)C(C)(C)[CH+]B1OC(C)(C)C(C)(C)O1. The first-order valence-corrected chi connectivity index (χ1v) is 6.23. The van der Waals surface area contributed by atoms with Crippen LogP contribution in [0.25, 0.3) is 0 Å². The lowest BCUT2D eigenvalue weighted by molar-refractivity contribution is -0.0144. The molecule has 0 aromatic rings. The second-order valence-electron chi connectivity index (χ2n) is 7.07. The molecule has 0 aliphatic carbocycles. The maximum atomic E-state index is 10.1. The zero-order valence-electron chi connectivity index (χ0n) is 12.4. The Hall–Kier alpha value is -0.185. The molecule has 17 heavy (non-hydrogen) atoms. The van der Waals surface area contributed by atoms with Crippen LogP contribution in [0.4, 0.5) is 0 Å². The third kappa shape index (κ3) is 2.80. The summed E-state index contributed by atoms with van der Waals surface area (Å²) >= 11 is 0. The average molecular weight is 241 g/mol. The molecule has 1 fully saturated rings. The van der Waals surface area contributed by atoms with E-state index in [9.17, 15) is 5.11 Å². The second kappa shape index (κ2) is 3.90. The smallest absolute Gasteiger partial charge is 0.385 e. The Labute approximate surface area is 106 Å². The number of rotatable bonds is 3. The van der Waals surface area contributed by atoms with Crippen LogP contribution >= 0.6 is 0 Å². The van der Waals surface area contributed by atoms with Crippen molar-refractivity contribution in [3.8, 4) is 0 Å². The summed E-state index contributed by atoms with van der Waals surface area (Å²) in [5, 5.41) is 10.1. The van der Waals surface area contributed by atoms with Gasteiger partial charge in [0.1, 0.15) is 11.0 Å². The van der Waals surface area contributed by atoms with Crippen molar-refractivity contribution in [2.24, 2.45) is 5.41 Å². The van der Waals surface area contributed by atoms with E-state index in [0.29, 0.717) is 0 Å². The molecule has 0 aromatic heterocycles. The molecular weight excluding hydrogens is 215 g/mol. The monoisotopic (exact) mass is 241 g/mol. The molecular formula is C13H26BO3+. The molecule has 1 aliphatic rings. The summed E-state index contributed by atoms with van der Waals surface area (Å²) in [5.41, 5.74) is -1.85. The first-order valence-electron chi connectivity index (χ1n) is 6.23. The van der Waals surface area contributed by atoms with Crippen molar-refractivity contribution < 1.29 is 14.4 Å². The quantitative estimate of drug-likeness (QED) is 0.609. The molecule has 0 aromatic carbocycles. The second-order valence-corrected chi connectivity index (χ2v) is 7.07. The molecule has 0 bridgehead atoms. The summed E-state index contributed by atoms with van der Waals surface area (Å²) in [5.74, 6) is 0. The molecule has 0 spiro atoms. The van der Waals surface area contributed by atoms with Crippen molar-refractivity contribution in [2.45, 2.75) is 72.2 Å². The van der Waals surface area contributed by atoms with Crippen LogP contribution in [0, 0.1) is 11.7 Å². The molecule has 1 aliphatic heterocycles. The van der Waals surface area contributed by atoms with Gasteiger partial charge in [0.05, 0.1) is 17.5 Å². The minimum Gasteiger partial charge on any atom is -0.385 e. The van der Waals surface area contributed by atoms with Gasteiger partial charge in [-0.05, 0) is 55.4 Å². The Morgan fingerprint density at radius 2 is 1.29 bits per heavy atom. The number of aliphatic hydroxyl groups is 1. The lowest BCUT2D eigenvalue weighted by Crippen LogP contribution is -2.43. The van der Waals surface area contributed by atoms with Gasteiger partial charge >= 0.3 is 7.12 Å². The van der Waals surface area contributed by atoms with E-state index in [0.717, 1.165) is 0 Å². The lowest BCUT2D eigenvalue weighted by atomic mass is 9.63. The van der Waals surface area contributed by atoms with Gasteiger partial charge in [-0.2, -0.15) is 0 Å². The Bertz CT molecular complexity index is 274. The highest BCUT2D eigenvalue weighted by atomic mass is 16.7. The van der Waals surface area contributed by atoms with E-state index < -0.39 is 5.60 Å². The van der Waals surface area contributed by atoms with Crippen molar-refractivity contribution >= 4 is 7.12 Å². The van der Waals surface area contributed by atoms with Gasteiger partial charge in [-0.15, -0.1) is 0 Å². The van der Waals surface area contributed by atoms with Crippen LogP contribution in [-0.4, -0.2) is 29.0 Å². The van der Waals surface area contributed by atoms with Gasteiger partial charge in [0.2, 0.25) is 0 Å². The van der Waals surface area contributed by atoms with Crippen LogP contribution in [0.15, 0.2) is 0 Å². The van der Waals surface area contributed by atoms with Gasteiger partial charge in [-0.3, -0.25) is 0 Å². The van der Waals surface area contributed by atoms with E-state index in [-0.39, 0.29) is 23.7 Å². The van der Waals surface area contributed by atoms with Crippen LogP contribution in [0.3, 0.4) is 0 Å². The van der Waals surface area contributed by atoms with Crippen molar-refractivity contribution in [2.75, 3.05) is 0 Å². The van der Waals surface area contributed by atoms with Crippen molar-refractivity contribution in [1.82, 2.24) is 0 Å². The minimum absolute atomic E-state index is 0.330. The third-order valence-electron chi connectivity index (χ3n) is 4.40. The maximum absolute atomic E-state index is 10.1. The normalized spacial score (nSPS) is 23.9. The molecule has 4 heteroatoms. The highest BCUT2D eigenvalue weighted by Gasteiger charge is 2.61. The van der Waals surface area contributed by atoms with E-state index in [1.165, 1.54) is 0 Å². The van der Waals surface area contributed by atoms with Crippen LogP contribution in [0.5, 0.6) is 0 Å². The molecule has 98 valence electrons. The van der Waals surface area contributed by atoms with E-state index in [1.54, 1.807) is 13.8 Å². The Morgan fingerprint density at radius 1 is 0.941 bits per heavy atom. The fourth-order valence-electron chi connectivity index (χ4n) is 1.50. The molecule has 1 saturated heterocycles. The molecule has 1 rings (SSSR count). The largest absolute Gasteiger partial charge is 0.720 e. The predicted octanol–water partition coefficient (Wildman–Crippen LogP) is 2.62. The average Bonchev–Trinajstić information content (AvgIpc) is 2.15. The van der Waals surface area contributed by atoms with E-state index in [1.807, 2.05) is 47.9 Å². The van der Waals surface area contributed by atoms with Gasteiger partial charge in [-0.1, -0.05) is 0 Å². The fourth-order valence-corrected chi connectivity index (χ4v) is 1.50. The predicted molar refractivity (Wildman–Crippen MR) is 70.5 cm³/mol. The van der Waals surface area contributed by atoms with Gasteiger partial charge in [0.15, 0.2) is 0 Å². The van der Waals surface area contributed by atoms with Gasteiger partial charge in [0, 0.05) is 0 Å². The van der Waals surface area contributed by atoms with Gasteiger partial charge in [-0.25, -0.2) is 0 Å². The number of hydrogen-bond donors (Lipinski definition) is 1. The van der Waals surface area contributed by atoms with Crippen LogP contribution < -0.4 is 0 Å². The fraction of sp³-hybridized carbons (Fsp3) is 0.923. The molecule has 3 nitrogen and oxygen atoms in total. The topological polar surface area (TPSA) is 38.7 Å². The first-order chi connectivity index (χ1) is 7.29. The highest BCUT2D eigenvalue weighted by molar-refractivity contribution is 6.50. The minimum atomic E-state index is -0.809. The van der Waals surface area contributed by atoms with Crippen LogP contribution in [0.1, 0.15) is 55.4 Å². The summed E-state index contributed by atoms with van der Waals surface area (Å²) in [4.78, 5) is 0. The molecule has 0 saturated carbocycles. The molecule has 0 amide bonds. The zero-order valence-corrected chi connectivity index (χ0v) is 12.4. The van der Waals surface area contributed by atoms with E-state index in [2.05, 4.69) is 0 Å². The summed E-state index contributed by atoms with van der Waals surface area (Å²) in [7, 11) is -0.374. The molecule has 0 unspecified atom stereocenters. The molecule has 1 N–H and O–H groups in total. The van der Waals surface area contributed by atoms with Crippen molar-refractivity contribution in [3.63, 3.8) is 0 Å². The Morgan fingerprint density at radius 3 is 1.59 bits per heavy atom. The Kier molecular flexibility index (Phi) is 3.42. The lowest BCUT2D eigenvalue weighted by Gasteiger charge is -2.31. The summed E-state index contributed by atoms with van der Waals surface area (Å²) in [6.07, 6.45) is 1.95. The highest BCUT2D eigenvalue weighted by Crippen LogP contribution is 2.42. The van der Waals surface area contributed by atoms with Gasteiger partial charge in [0.25, 0.3) is 0 Å². The summed E-state index contributed by atoms with van der Waals surface area (Å²) in [6.45, 7) is 15.7. The van der Waals surface area contributed by atoms with Gasteiger partial charge < -0.3 is 14.4 Å². The van der Waals surface area contributed by atoms with Crippen LogP contribution in [-0.2, 0) is 9.31 Å². The van der Waals surface area contributed by atoms with Crippen LogP contribution in [0.2, 0.25) is 0 Å². The van der Waals surface area contributed by atoms with Crippen molar-refractivity contribution in [3.05, 3.63) is 6.32 Å². The Balaban J connectivity index is 2.75. The maximum Gasteiger partial charge on any atom is 0.720 e. The number of hydrogen-bond acceptors (Lipinski definition) is 3. The standard InChI is InChI=1S/C13H26BO3/c1-10(2,11(3,4)15)9-14-16-12(5,6)13(7,8)17-14/h9,15H,1-8H3/q+1. The van der Waals surface area contributed by atoms with E-state index in [4.69, 9.17) is 9.31 Å². The first kappa shape index (κ1) is 14.9. The summed E-state index contributed by atoms with van der Waals surface area (Å²) < 4.78 is 11.8. The van der Waals surface area contributed by atoms with Crippen molar-refractivity contribution in [1.29, 1.82) is 0 Å². The molecule has 1 heterocycles. The van der Waals surface area contributed by atoms with E-state index >= 15 is 0 Å².